The summed E-state index contributed by atoms with van der Waals surface area (Å²) in [5, 5.41) is 0. The van der Waals surface area contributed by atoms with Crippen molar-refractivity contribution in [2.75, 3.05) is 0 Å². The number of alkyl halides is 1. The predicted molar refractivity (Wildman–Crippen MR) is 79.9 cm³/mol. The summed E-state index contributed by atoms with van der Waals surface area (Å²) >= 11 is 2.61. The normalized spacial score (nSPS) is 13.4. The molecule has 1 unspecified atom stereocenters. The lowest BCUT2D eigenvalue weighted by molar-refractivity contribution is 0.528. The van der Waals surface area contributed by atoms with Crippen LogP contribution in [0.3, 0.4) is 0 Å². The molecule has 0 heterocycles. The SMILES string of the molecule is CCCCCCCCCCC(I)C(C)C. The van der Waals surface area contributed by atoms with Gasteiger partial charge >= 0.3 is 0 Å². The van der Waals surface area contributed by atoms with Crippen molar-refractivity contribution >= 4 is 22.6 Å². The van der Waals surface area contributed by atoms with Crippen molar-refractivity contribution in [2.24, 2.45) is 5.92 Å². The van der Waals surface area contributed by atoms with E-state index in [1.54, 1.807) is 0 Å². The van der Waals surface area contributed by atoms with Gasteiger partial charge in [0, 0.05) is 3.92 Å². The summed E-state index contributed by atoms with van der Waals surface area (Å²) in [7, 11) is 0. The van der Waals surface area contributed by atoms with Crippen LogP contribution in [0, 0.1) is 5.92 Å². The predicted octanol–water partition coefficient (Wildman–Crippen LogP) is 5.98. The van der Waals surface area contributed by atoms with Crippen molar-refractivity contribution in [1.29, 1.82) is 0 Å². The second kappa shape index (κ2) is 11.2. The van der Waals surface area contributed by atoms with Gasteiger partial charge in [-0.2, -0.15) is 0 Å². The van der Waals surface area contributed by atoms with Crippen LogP contribution in [0.1, 0.15) is 78.6 Å². The van der Waals surface area contributed by atoms with E-state index in [1.165, 1.54) is 57.8 Å². The summed E-state index contributed by atoms with van der Waals surface area (Å²) < 4.78 is 0.891. The highest BCUT2D eigenvalue weighted by molar-refractivity contribution is 14.1. The molecule has 0 aliphatic heterocycles. The third-order valence-corrected chi connectivity index (χ3v) is 5.12. The standard InChI is InChI=1S/C14H29I/c1-4-5-6-7-8-9-10-11-12-14(15)13(2)3/h13-14H,4-12H2,1-3H3. The summed E-state index contributed by atoms with van der Waals surface area (Å²) in [6.07, 6.45) is 13.0. The van der Waals surface area contributed by atoms with Gasteiger partial charge in [-0.1, -0.05) is 94.7 Å². The second-order valence-corrected chi connectivity index (χ2v) is 6.62. The van der Waals surface area contributed by atoms with Gasteiger partial charge < -0.3 is 0 Å². The fourth-order valence-electron chi connectivity index (χ4n) is 1.81. The Bertz CT molecular complexity index is 121. The maximum Gasteiger partial charge on any atom is 0.0133 e. The maximum absolute atomic E-state index is 2.61. The molecule has 0 bridgehead atoms. The van der Waals surface area contributed by atoms with E-state index in [0.717, 1.165) is 9.84 Å². The van der Waals surface area contributed by atoms with Crippen LogP contribution in [-0.4, -0.2) is 3.92 Å². The van der Waals surface area contributed by atoms with Crippen molar-refractivity contribution in [1.82, 2.24) is 0 Å². The highest BCUT2D eigenvalue weighted by atomic mass is 127. The highest BCUT2D eigenvalue weighted by Gasteiger charge is 2.07. The van der Waals surface area contributed by atoms with Crippen molar-refractivity contribution in [3.63, 3.8) is 0 Å². The number of hydrogen-bond donors (Lipinski definition) is 0. The Morgan fingerprint density at radius 3 is 1.73 bits per heavy atom. The van der Waals surface area contributed by atoms with Gasteiger partial charge in [0.1, 0.15) is 0 Å². The van der Waals surface area contributed by atoms with E-state index in [1.807, 2.05) is 0 Å². The molecule has 0 aliphatic carbocycles. The first-order valence-electron chi connectivity index (χ1n) is 6.82. The number of hydrogen-bond acceptors (Lipinski definition) is 0. The van der Waals surface area contributed by atoms with E-state index in [4.69, 9.17) is 0 Å². The van der Waals surface area contributed by atoms with Crippen molar-refractivity contribution < 1.29 is 0 Å². The second-order valence-electron chi connectivity index (χ2n) is 5.02. The third-order valence-electron chi connectivity index (χ3n) is 3.06. The molecule has 0 rings (SSSR count). The zero-order valence-corrected chi connectivity index (χ0v) is 13.1. The van der Waals surface area contributed by atoms with Crippen LogP contribution in [0.5, 0.6) is 0 Å². The van der Waals surface area contributed by atoms with E-state index >= 15 is 0 Å². The van der Waals surface area contributed by atoms with E-state index in [0.29, 0.717) is 0 Å². The molecule has 15 heavy (non-hydrogen) atoms. The molecule has 92 valence electrons. The molecule has 0 saturated carbocycles. The fourth-order valence-corrected chi connectivity index (χ4v) is 2.25. The molecule has 1 heteroatoms. The van der Waals surface area contributed by atoms with Crippen molar-refractivity contribution in [2.45, 2.75) is 82.5 Å². The fraction of sp³-hybridized carbons (Fsp3) is 1.00. The Hall–Kier alpha value is 0.730. The zero-order chi connectivity index (χ0) is 11.5. The van der Waals surface area contributed by atoms with Gasteiger partial charge in [0.15, 0.2) is 0 Å². The van der Waals surface area contributed by atoms with E-state index in [-0.39, 0.29) is 0 Å². The van der Waals surface area contributed by atoms with E-state index in [9.17, 15) is 0 Å². The Labute approximate surface area is 111 Å². The number of unbranched alkanes of at least 4 members (excludes halogenated alkanes) is 7. The average molecular weight is 324 g/mol. The van der Waals surface area contributed by atoms with Gasteiger partial charge in [0.05, 0.1) is 0 Å². The van der Waals surface area contributed by atoms with Gasteiger partial charge in [-0.05, 0) is 12.3 Å². The largest absolute Gasteiger partial charge is 0.0823 e. The molecule has 0 aromatic rings. The van der Waals surface area contributed by atoms with Crippen molar-refractivity contribution in [3.8, 4) is 0 Å². The molecule has 0 aromatic carbocycles. The van der Waals surface area contributed by atoms with Crippen LogP contribution < -0.4 is 0 Å². The molecule has 0 saturated heterocycles. The summed E-state index contributed by atoms with van der Waals surface area (Å²) in [4.78, 5) is 0. The molecule has 0 N–H and O–H groups in total. The quantitative estimate of drug-likeness (QED) is 0.263. The first-order valence-corrected chi connectivity index (χ1v) is 8.07. The zero-order valence-electron chi connectivity index (χ0n) is 10.9. The van der Waals surface area contributed by atoms with E-state index < -0.39 is 0 Å². The van der Waals surface area contributed by atoms with Crippen LogP contribution in [0.25, 0.3) is 0 Å². The minimum Gasteiger partial charge on any atom is -0.0823 e. The van der Waals surface area contributed by atoms with Crippen LogP contribution in [0.15, 0.2) is 0 Å². The lowest BCUT2D eigenvalue weighted by Crippen LogP contribution is -2.06. The minimum atomic E-state index is 0.857. The van der Waals surface area contributed by atoms with Crippen LogP contribution in [0.2, 0.25) is 0 Å². The van der Waals surface area contributed by atoms with E-state index in [2.05, 4.69) is 43.4 Å². The highest BCUT2D eigenvalue weighted by Crippen LogP contribution is 2.20. The third kappa shape index (κ3) is 11.0. The number of halogens is 1. The molecule has 0 fully saturated rings. The Balaban J connectivity index is 3.05. The van der Waals surface area contributed by atoms with Crippen molar-refractivity contribution in [3.05, 3.63) is 0 Å². The van der Waals surface area contributed by atoms with Crippen LogP contribution in [-0.2, 0) is 0 Å². The summed E-state index contributed by atoms with van der Waals surface area (Å²) in [5.74, 6) is 0.857. The molecule has 0 nitrogen and oxygen atoms in total. The Kier molecular flexibility index (Phi) is 11.8. The average Bonchev–Trinajstić information content (AvgIpc) is 2.21. The molecular weight excluding hydrogens is 295 g/mol. The number of rotatable bonds is 10. The smallest absolute Gasteiger partial charge is 0.0133 e. The lowest BCUT2D eigenvalue weighted by atomic mass is 10.0. The van der Waals surface area contributed by atoms with Gasteiger partial charge in [-0.3, -0.25) is 0 Å². The summed E-state index contributed by atoms with van der Waals surface area (Å²) in [6, 6.07) is 0. The molecule has 1 atom stereocenters. The molecule has 0 radical (unpaired) electrons. The van der Waals surface area contributed by atoms with Gasteiger partial charge in [-0.15, -0.1) is 0 Å². The van der Waals surface area contributed by atoms with Gasteiger partial charge in [0.25, 0.3) is 0 Å². The van der Waals surface area contributed by atoms with Gasteiger partial charge in [-0.25, -0.2) is 0 Å². The minimum absolute atomic E-state index is 0.857. The summed E-state index contributed by atoms with van der Waals surface area (Å²) in [6.45, 7) is 6.95. The first kappa shape index (κ1) is 15.7. The summed E-state index contributed by atoms with van der Waals surface area (Å²) in [5.41, 5.74) is 0. The first-order chi connectivity index (χ1) is 7.18. The molecule has 0 aromatic heterocycles. The molecular formula is C14H29I. The monoisotopic (exact) mass is 324 g/mol. The lowest BCUT2D eigenvalue weighted by Gasteiger charge is -2.12. The Morgan fingerprint density at radius 1 is 0.800 bits per heavy atom. The Morgan fingerprint density at radius 2 is 1.27 bits per heavy atom. The molecule has 0 spiro atoms. The molecule has 0 aliphatic rings. The van der Waals surface area contributed by atoms with Crippen LogP contribution >= 0.6 is 22.6 Å². The topological polar surface area (TPSA) is 0 Å². The van der Waals surface area contributed by atoms with Crippen LogP contribution in [0.4, 0.5) is 0 Å². The molecule has 0 amide bonds. The maximum atomic E-state index is 2.61. The van der Waals surface area contributed by atoms with Gasteiger partial charge in [0.2, 0.25) is 0 Å².